The van der Waals surface area contributed by atoms with Gasteiger partial charge in [0.2, 0.25) is 0 Å². The lowest BCUT2D eigenvalue weighted by molar-refractivity contribution is 0.248. The van der Waals surface area contributed by atoms with E-state index in [0.29, 0.717) is 6.61 Å². The molecule has 0 spiro atoms. The summed E-state index contributed by atoms with van der Waals surface area (Å²) in [7, 11) is 0. The Morgan fingerprint density at radius 2 is 1.61 bits per heavy atom. The number of phenols is 1. The number of fused-ring (bicyclic) bond motifs is 1. The van der Waals surface area contributed by atoms with Gasteiger partial charge in [-0.3, -0.25) is 0 Å². The number of aromatic hydroxyl groups is 1. The van der Waals surface area contributed by atoms with Crippen molar-refractivity contribution in [1.29, 1.82) is 0 Å². The van der Waals surface area contributed by atoms with E-state index in [1.54, 1.807) is 6.07 Å². The van der Waals surface area contributed by atoms with Gasteiger partial charge in [-0.2, -0.15) is 0 Å². The first-order valence-corrected chi connectivity index (χ1v) is 11.6. The Morgan fingerprint density at radius 3 is 2.35 bits per heavy atom. The Morgan fingerprint density at radius 1 is 0.903 bits per heavy atom. The van der Waals surface area contributed by atoms with Gasteiger partial charge in [-0.25, -0.2) is 0 Å². The maximum Gasteiger partial charge on any atom is 0.123 e. The van der Waals surface area contributed by atoms with E-state index in [9.17, 15) is 5.11 Å². The fourth-order valence-electron chi connectivity index (χ4n) is 5.00. The fraction of sp³-hybridized carbons (Fsp3) is 0.333. The minimum atomic E-state index is 0.115. The summed E-state index contributed by atoms with van der Waals surface area (Å²) in [5.41, 5.74) is 4.86. The molecule has 1 N–H and O–H groups in total. The average molecular weight is 434 g/mol. The number of phenolic OH excluding ortho intramolecular Hbond substituents is 1. The molecule has 0 radical (unpaired) electrons. The quantitative estimate of drug-likeness (QED) is 0.536. The van der Waals surface area contributed by atoms with Gasteiger partial charge in [0, 0.05) is 29.0 Å². The molecule has 3 aromatic carbocycles. The third-order valence-electron chi connectivity index (χ3n) is 6.70. The van der Waals surface area contributed by atoms with Gasteiger partial charge in [-0.1, -0.05) is 48.0 Å². The summed E-state index contributed by atoms with van der Waals surface area (Å²) < 4.78 is 6.10. The lowest BCUT2D eigenvalue weighted by Crippen LogP contribution is -2.25. The lowest BCUT2D eigenvalue weighted by atomic mass is 9.75. The summed E-state index contributed by atoms with van der Waals surface area (Å²) in [5, 5.41) is 10.9. The van der Waals surface area contributed by atoms with Crippen LogP contribution in [0.25, 0.3) is 0 Å². The van der Waals surface area contributed by atoms with Crippen LogP contribution in [0.3, 0.4) is 0 Å². The summed E-state index contributed by atoms with van der Waals surface area (Å²) in [4.78, 5) is 2.56. The zero-order valence-electron chi connectivity index (χ0n) is 17.6. The highest BCUT2D eigenvalue weighted by Crippen LogP contribution is 2.47. The number of likely N-dealkylation sites (tertiary alicyclic amines) is 1. The predicted molar refractivity (Wildman–Crippen MR) is 125 cm³/mol. The molecule has 0 aliphatic carbocycles. The minimum Gasteiger partial charge on any atom is -0.508 e. The first-order chi connectivity index (χ1) is 15.2. The van der Waals surface area contributed by atoms with Crippen molar-refractivity contribution >= 4 is 11.6 Å². The van der Waals surface area contributed by atoms with Gasteiger partial charge >= 0.3 is 0 Å². The number of halogens is 1. The van der Waals surface area contributed by atoms with Gasteiger partial charge in [0.25, 0.3) is 0 Å². The highest BCUT2D eigenvalue weighted by molar-refractivity contribution is 6.30. The van der Waals surface area contributed by atoms with Crippen LogP contribution in [-0.2, 0) is 6.42 Å². The van der Waals surface area contributed by atoms with Crippen LogP contribution >= 0.6 is 11.6 Å². The largest absolute Gasteiger partial charge is 0.508 e. The molecule has 5 rings (SSSR count). The second-order valence-corrected chi connectivity index (χ2v) is 9.15. The standard InChI is InChI=1S/C27H28ClNO2/c28-22-9-7-20(8-10-22)25-18-31-26-12-11-23(30)17-24(26)27(25)21-5-3-19(4-6-21)13-16-29-14-1-2-15-29/h3-12,17,25,27,30H,1-2,13-16,18H2/t25-,27-/m1/s1. The Labute approximate surface area is 189 Å². The molecule has 2 aliphatic heterocycles. The van der Waals surface area contributed by atoms with Crippen molar-refractivity contribution in [3.05, 3.63) is 94.0 Å². The topological polar surface area (TPSA) is 32.7 Å². The summed E-state index contributed by atoms with van der Waals surface area (Å²) in [6.45, 7) is 4.22. The Balaban J connectivity index is 1.45. The van der Waals surface area contributed by atoms with E-state index in [0.717, 1.165) is 29.3 Å². The minimum absolute atomic E-state index is 0.115. The zero-order chi connectivity index (χ0) is 21.2. The molecule has 0 unspecified atom stereocenters. The third-order valence-corrected chi connectivity index (χ3v) is 6.95. The number of ether oxygens (including phenoxy) is 1. The number of nitrogens with zero attached hydrogens (tertiary/aromatic N) is 1. The summed E-state index contributed by atoms with van der Waals surface area (Å²) in [6.07, 6.45) is 3.76. The zero-order valence-corrected chi connectivity index (χ0v) is 18.4. The van der Waals surface area contributed by atoms with E-state index < -0.39 is 0 Å². The van der Waals surface area contributed by atoms with E-state index in [1.807, 2.05) is 24.3 Å². The smallest absolute Gasteiger partial charge is 0.123 e. The monoisotopic (exact) mass is 433 g/mol. The van der Waals surface area contributed by atoms with Gasteiger partial charge in [0.15, 0.2) is 0 Å². The van der Waals surface area contributed by atoms with Crippen LogP contribution in [0.1, 0.15) is 46.9 Å². The molecule has 2 aliphatic rings. The van der Waals surface area contributed by atoms with Crippen LogP contribution in [-0.4, -0.2) is 36.2 Å². The molecule has 0 saturated carbocycles. The number of rotatable bonds is 5. The summed E-state index contributed by atoms with van der Waals surface area (Å²) in [6, 6.07) is 22.5. The number of hydrogen-bond acceptors (Lipinski definition) is 3. The second kappa shape index (κ2) is 8.94. The van der Waals surface area contributed by atoms with E-state index in [1.165, 1.54) is 42.6 Å². The van der Waals surface area contributed by atoms with Crippen molar-refractivity contribution in [1.82, 2.24) is 4.90 Å². The predicted octanol–water partition coefficient (Wildman–Crippen LogP) is 5.99. The van der Waals surface area contributed by atoms with Gasteiger partial charge in [-0.15, -0.1) is 0 Å². The SMILES string of the molecule is Oc1ccc2c(c1)[C@@H](c1ccc(CCN3CCCC3)cc1)[C@@H](c1ccc(Cl)cc1)CO2. The molecule has 2 atom stereocenters. The van der Waals surface area contributed by atoms with E-state index >= 15 is 0 Å². The van der Waals surface area contributed by atoms with Crippen molar-refractivity contribution in [3.63, 3.8) is 0 Å². The fourth-order valence-corrected chi connectivity index (χ4v) is 5.12. The number of benzene rings is 3. The lowest BCUT2D eigenvalue weighted by Gasteiger charge is -2.34. The highest BCUT2D eigenvalue weighted by atomic mass is 35.5. The molecule has 160 valence electrons. The third kappa shape index (κ3) is 4.44. The molecule has 2 heterocycles. The molecule has 1 saturated heterocycles. The molecule has 31 heavy (non-hydrogen) atoms. The summed E-state index contributed by atoms with van der Waals surface area (Å²) in [5.74, 6) is 1.39. The average Bonchev–Trinajstić information content (AvgIpc) is 3.32. The molecular weight excluding hydrogens is 406 g/mol. The van der Waals surface area contributed by atoms with Crippen molar-refractivity contribution < 1.29 is 9.84 Å². The van der Waals surface area contributed by atoms with Crippen molar-refractivity contribution in [2.75, 3.05) is 26.2 Å². The van der Waals surface area contributed by atoms with Gasteiger partial charge in [0.05, 0.1) is 6.61 Å². The Hall–Kier alpha value is -2.49. The van der Waals surface area contributed by atoms with Crippen molar-refractivity contribution in [2.45, 2.75) is 31.1 Å². The molecule has 0 bridgehead atoms. The van der Waals surface area contributed by atoms with Crippen LogP contribution in [0.15, 0.2) is 66.7 Å². The van der Waals surface area contributed by atoms with Crippen LogP contribution in [0.5, 0.6) is 11.5 Å². The highest BCUT2D eigenvalue weighted by Gasteiger charge is 2.33. The van der Waals surface area contributed by atoms with Crippen LogP contribution in [0.2, 0.25) is 5.02 Å². The molecule has 4 heteroatoms. The normalized spacial score (nSPS) is 20.9. The molecule has 0 amide bonds. The van der Waals surface area contributed by atoms with E-state index in [4.69, 9.17) is 16.3 Å². The van der Waals surface area contributed by atoms with Crippen LogP contribution in [0, 0.1) is 0 Å². The van der Waals surface area contributed by atoms with Gasteiger partial charge in [0.1, 0.15) is 11.5 Å². The second-order valence-electron chi connectivity index (χ2n) is 8.71. The first-order valence-electron chi connectivity index (χ1n) is 11.2. The van der Waals surface area contributed by atoms with Crippen molar-refractivity contribution in [2.24, 2.45) is 0 Å². The van der Waals surface area contributed by atoms with Crippen LogP contribution in [0.4, 0.5) is 0 Å². The van der Waals surface area contributed by atoms with Gasteiger partial charge < -0.3 is 14.7 Å². The first kappa shape index (κ1) is 20.4. The summed E-state index contributed by atoms with van der Waals surface area (Å²) >= 11 is 6.13. The Kier molecular flexibility index (Phi) is 5.89. The molecular formula is C27H28ClNO2. The number of hydrogen-bond donors (Lipinski definition) is 1. The molecule has 3 aromatic rings. The van der Waals surface area contributed by atoms with E-state index in [-0.39, 0.29) is 17.6 Å². The molecule has 0 aromatic heterocycles. The maximum absolute atomic E-state index is 10.2. The Bertz CT molecular complexity index is 1030. The van der Waals surface area contributed by atoms with Crippen molar-refractivity contribution in [3.8, 4) is 11.5 Å². The van der Waals surface area contributed by atoms with Crippen LogP contribution < -0.4 is 4.74 Å². The van der Waals surface area contributed by atoms with Gasteiger partial charge in [-0.05, 0) is 79.4 Å². The molecule has 1 fully saturated rings. The molecule has 3 nitrogen and oxygen atoms in total. The van der Waals surface area contributed by atoms with E-state index in [2.05, 4.69) is 41.3 Å². The maximum atomic E-state index is 10.2.